The van der Waals surface area contributed by atoms with E-state index in [0.29, 0.717) is 0 Å². The number of benzene rings is 1. The van der Waals surface area contributed by atoms with Gasteiger partial charge in [0.1, 0.15) is 10.9 Å². The Kier molecular flexibility index (Phi) is 3.78. The summed E-state index contributed by atoms with van der Waals surface area (Å²) in [5.74, 6) is 1.63. The van der Waals surface area contributed by atoms with E-state index in [2.05, 4.69) is 19.9 Å². The molecule has 4 aromatic rings. The Morgan fingerprint density at radius 3 is 2.61 bits per heavy atom. The first kappa shape index (κ1) is 14.0. The van der Waals surface area contributed by atoms with Crippen LogP contribution in [0.4, 0.5) is 0 Å². The first-order valence-corrected chi connectivity index (χ1v) is 8.31. The normalized spacial score (nSPS) is 11.0. The second kappa shape index (κ2) is 6.22. The van der Waals surface area contributed by atoms with Gasteiger partial charge in [-0.3, -0.25) is 4.98 Å². The largest absolute Gasteiger partial charge is 0.338 e. The van der Waals surface area contributed by atoms with E-state index in [0.717, 1.165) is 38.9 Å². The van der Waals surface area contributed by atoms with Crippen LogP contribution in [0.1, 0.15) is 5.69 Å². The topological polar surface area (TPSA) is 54.5 Å². The first-order valence-electron chi connectivity index (χ1n) is 7.33. The highest BCUT2D eigenvalue weighted by Crippen LogP contribution is 2.30. The van der Waals surface area contributed by atoms with Crippen molar-refractivity contribution in [3.05, 3.63) is 72.7 Å². The molecule has 0 atom stereocenters. The van der Waals surface area contributed by atoms with E-state index in [1.54, 1.807) is 11.8 Å². The Morgan fingerprint density at radius 1 is 0.870 bits per heavy atom. The summed E-state index contributed by atoms with van der Waals surface area (Å²) in [4.78, 5) is 16.9. The summed E-state index contributed by atoms with van der Waals surface area (Å²) in [6.07, 6.45) is 3.63. The van der Waals surface area contributed by atoms with E-state index in [1.165, 1.54) is 0 Å². The number of nitrogens with zero attached hydrogens (tertiary/aromatic N) is 3. The van der Waals surface area contributed by atoms with Crippen molar-refractivity contribution in [3.63, 3.8) is 0 Å². The van der Waals surface area contributed by atoms with Crippen molar-refractivity contribution >= 4 is 22.8 Å². The number of fused-ring (bicyclic) bond motifs is 1. The van der Waals surface area contributed by atoms with Crippen molar-refractivity contribution in [3.8, 4) is 11.4 Å². The molecule has 0 bridgehead atoms. The van der Waals surface area contributed by atoms with E-state index in [9.17, 15) is 0 Å². The standard InChI is InChI=1S/C18H14N4S/c1-2-9-16-15(8-1)21-17(22-16)14-7-5-11-20-18(14)23-12-13-6-3-4-10-19-13/h1-11H,12H2,(H,21,22). The fourth-order valence-corrected chi connectivity index (χ4v) is 3.30. The molecular formula is C18H14N4S. The molecule has 5 heteroatoms. The third-order valence-corrected chi connectivity index (χ3v) is 4.54. The van der Waals surface area contributed by atoms with Crippen LogP contribution in [0.25, 0.3) is 22.4 Å². The van der Waals surface area contributed by atoms with Crippen LogP contribution in [0.3, 0.4) is 0 Å². The monoisotopic (exact) mass is 318 g/mol. The number of aromatic nitrogens is 4. The van der Waals surface area contributed by atoms with Gasteiger partial charge < -0.3 is 4.98 Å². The molecule has 1 N–H and O–H groups in total. The number of nitrogens with one attached hydrogen (secondary N) is 1. The van der Waals surface area contributed by atoms with Crippen LogP contribution in [-0.2, 0) is 5.75 Å². The number of rotatable bonds is 4. The molecular weight excluding hydrogens is 304 g/mol. The molecule has 0 unspecified atom stereocenters. The van der Waals surface area contributed by atoms with Gasteiger partial charge in [-0.1, -0.05) is 30.0 Å². The van der Waals surface area contributed by atoms with Gasteiger partial charge in [0, 0.05) is 23.7 Å². The quantitative estimate of drug-likeness (QED) is 0.570. The number of hydrogen-bond donors (Lipinski definition) is 1. The maximum Gasteiger partial charge on any atom is 0.141 e. The van der Waals surface area contributed by atoms with Crippen molar-refractivity contribution < 1.29 is 0 Å². The Labute approximate surface area is 138 Å². The van der Waals surface area contributed by atoms with Gasteiger partial charge in [-0.05, 0) is 36.4 Å². The van der Waals surface area contributed by atoms with Crippen molar-refractivity contribution in [1.29, 1.82) is 0 Å². The number of aromatic amines is 1. The van der Waals surface area contributed by atoms with Crippen LogP contribution < -0.4 is 0 Å². The van der Waals surface area contributed by atoms with Gasteiger partial charge in [0.15, 0.2) is 0 Å². The summed E-state index contributed by atoms with van der Waals surface area (Å²) >= 11 is 1.67. The Bertz CT molecular complexity index is 901. The van der Waals surface area contributed by atoms with Crippen molar-refractivity contribution in [1.82, 2.24) is 19.9 Å². The van der Waals surface area contributed by atoms with E-state index in [4.69, 9.17) is 0 Å². The molecule has 0 amide bonds. The Balaban J connectivity index is 1.66. The summed E-state index contributed by atoms with van der Waals surface area (Å²) in [7, 11) is 0. The van der Waals surface area contributed by atoms with Crippen molar-refractivity contribution in [2.75, 3.05) is 0 Å². The lowest BCUT2D eigenvalue weighted by atomic mass is 10.3. The maximum atomic E-state index is 4.67. The minimum Gasteiger partial charge on any atom is -0.338 e. The smallest absolute Gasteiger partial charge is 0.141 e. The molecule has 1 aromatic carbocycles. The Morgan fingerprint density at radius 2 is 1.74 bits per heavy atom. The summed E-state index contributed by atoms with van der Waals surface area (Å²) in [6, 6.07) is 18.0. The summed E-state index contributed by atoms with van der Waals surface area (Å²) in [5.41, 5.74) is 4.06. The second-order valence-electron chi connectivity index (χ2n) is 5.07. The van der Waals surface area contributed by atoms with Gasteiger partial charge in [-0.15, -0.1) is 0 Å². The summed E-state index contributed by atoms with van der Waals surface area (Å²) in [6.45, 7) is 0. The first-order chi connectivity index (χ1) is 11.4. The molecule has 0 saturated heterocycles. The third kappa shape index (κ3) is 2.96. The minimum absolute atomic E-state index is 0.783. The number of pyridine rings is 2. The van der Waals surface area contributed by atoms with Gasteiger partial charge in [0.05, 0.1) is 16.7 Å². The van der Waals surface area contributed by atoms with Crippen LogP contribution in [0.2, 0.25) is 0 Å². The zero-order valence-electron chi connectivity index (χ0n) is 12.3. The predicted molar refractivity (Wildman–Crippen MR) is 93.1 cm³/mol. The zero-order chi connectivity index (χ0) is 15.5. The van der Waals surface area contributed by atoms with Crippen LogP contribution >= 0.6 is 11.8 Å². The van der Waals surface area contributed by atoms with Gasteiger partial charge >= 0.3 is 0 Å². The van der Waals surface area contributed by atoms with Crippen LogP contribution in [-0.4, -0.2) is 19.9 Å². The molecule has 3 aromatic heterocycles. The lowest BCUT2D eigenvalue weighted by molar-refractivity contribution is 1.11. The highest BCUT2D eigenvalue weighted by molar-refractivity contribution is 7.98. The predicted octanol–water partition coefficient (Wildman–Crippen LogP) is 4.31. The lowest BCUT2D eigenvalue weighted by Crippen LogP contribution is -1.90. The molecule has 0 aliphatic rings. The molecule has 0 saturated carbocycles. The lowest BCUT2D eigenvalue weighted by Gasteiger charge is -2.05. The number of para-hydroxylation sites is 2. The highest BCUT2D eigenvalue weighted by atomic mass is 32.2. The number of H-pyrrole nitrogens is 1. The molecule has 4 nitrogen and oxygen atoms in total. The highest BCUT2D eigenvalue weighted by Gasteiger charge is 2.11. The van der Waals surface area contributed by atoms with Crippen molar-refractivity contribution in [2.24, 2.45) is 0 Å². The van der Waals surface area contributed by atoms with Crippen LogP contribution in [0.15, 0.2) is 72.0 Å². The average Bonchev–Trinajstić information content (AvgIpc) is 3.05. The summed E-state index contributed by atoms with van der Waals surface area (Å²) < 4.78 is 0. The van der Waals surface area contributed by atoms with Gasteiger partial charge in [0.2, 0.25) is 0 Å². The zero-order valence-corrected chi connectivity index (χ0v) is 13.1. The van der Waals surface area contributed by atoms with Gasteiger partial charge in [-0.25, -0.2) is 9.97 Å². The second-order valence-corrected chi connectivity index (χ2v) is 6.03. The molecule has 4 rings (SSSR count). The fourth-order valence-electron chi connectivity index (χ4n) is 2.39. The van der Waals surface area contributed by atoms with Gasteiger partial charge in [0.25, 0.3) is 0 Å². The number of hydrogen-bond acceptors (Lipinski definition) is 4. The average molecular weight is 318 g/mol. The minimum atomic E-state index is 0.783. The molecule has 23 heavy (non-hydrogen) atoms. The molecule has 0 spiro atoms. The summed E-state index contributed by atoms with van der Waals surface area (Å²) in [5, 5.41) is 0.956. The molecule has 0 radical (unpaired) electrons. The fraction of sp³-hybridized carbons (Fsp3) is 0.0556. The number of thioether (sulfide) groups is 1. The maximum absolute atomic E-state index is 4.67. The molecule has 112 valence electrons. The molecule has 0 aliphatic carbocycles. The van der Waals surface area contributed by atoms with E-state index >= 15 is 0 Å². The van der Waals surface area contributed by atoms with E-state index < -0.39 is 0 Å². The van der Waals surface area contributed by atoms with E-state index in [-0.39, 0.29) is 0 Å². The number of imidazole rings is 1. The van der Waals surface area contributed by atoms with Crippen molar-refractivity contribution in [2.45, 2.75) is 10.8 Å². The molecule has 0 aliphatic heterocycles. The SMILES string of the molecule is c1ccc(CSc2ncccc2-c2nc3ccccc3[nH]2)nc1. The van der Waals surface area contributed by atoms with Crippen LogP contribution in [0.5, 0.6) is 0 Å². The third-order valence-electron chi connectivity index (χ3n) is 3.50. The van der Waals surface area contributed by atoms with Gasteiger partial charge in [-0.2, -0.15) is 0 Å². The van der Waals surface area contributed by atoms with Crippen LogP contribution in [0, 0.1) is 0 Å². The van der Waals surface area contributed by atoms with E-state index in [1.807, 2.05) is 67.0 Å². The molecule has 0 fully saturated rings. The molecule has 3 heterocycles. The Hall–Kier alpha value is -2.66.